The molecule has 0 spiro atoms. The molecule has 3 rings (SSSR count). The van der Waals surface area contributed by atoms with Gasteiger partial charge in [-0.2, -0.15) is 4.98 Å². The van der Waals surface area contributed by atoms with Crippen molar-refractivity contribution in [3.05, 3.63) is 53.5 Å². The van der Waals surface area contributed by atoms with E-state index in [1.165, 1.54) is 0 Å². The van der Waals surface area contributed by atoms with E-state index in [0.717, 1.165) is 30.6 Å². The zero-order chi connectivity index (χ0) is 16.9. The van der Waals surface area contributed by atoms with E-state index in [9.17, 15) is 4.79 Å². The van der Waals surface area contributed by atoms with Gasteiger partial charge in [-0.3, -0.25) is 4.79 Å². The van der Waals surface area contributed by atoms with E-state index in [-0.39, 0.29) is 12.0 Å². The minimum Gasteiger partial charge on any atom is -0.472 e. The number of aromatic nitrogens is 2. The predicted molar refractivity (Wildman–Crippen MR) is 91.9 cm³/mol. The molecule has 0 unspecified atom stereocenters. The third kappa shape index (κ3) is 4.31. The van der Waals surface area contributed by atoms with Crippen molar-refractivity contribution < 1.29 is 9.53 Å². The normalized spacial score (nSPS) is 17.6. The number of amides is 1. The largest absolute Gasteiger partial charge is 0.472 e. The molecule has 126 valence electrons. The second-order valence-corrected chi connectivity index (χ2v) is 6.28. The van der Waals surface area contributed by atoms with E-state index in [0.29, 0.717) is 24.7 Å². The van der Waals surface area contributed by atoms with Crippen LogP contribution in [0.1, 0.15) is 29.9 Å². The molecular formula is C19H23N3O2. The standard InChI is InChI=1S/C19H23N3O2/c1-14-11-18(21-15(2)20-14)24-17-9-6-10-22(13-17)19(23)12-16-7-4-3-5-8-16/h3-5,7-8,11,17H,6,9-10,12-13H2,1-2H3/t17-/m0/s1. The number of carbonyl (C=O) groups is 1. The highest BCUT2D eigenvalue weighted by molar-refractivity contribution is 5.78. The first kappa shape index (κ1) is 16.4. The van der Waals surface area contributed by atoms with Gasteiger partial charge in [0.2, 0.25) is 11.8 Å². The molecule has 1 atom stereocenters. The molecule has 24 heavy (non-hydrogen) atoms. The van der Waals surface area contributed by atoms with E-state index in [1.807, 2.05) is 55.1 Å². The summed E-state index contributed by atoms with van der Waals surface area (Å²) in [5.41, 5.74) is 1.94. The van der Waals surface area contributed by atoms with Crippen molar-refractivity contribution in [1.82, 2.24) is 14.9 Å². The lowest BCUT2D eigenvalue weighted by molar-refractivity contribution is -0.133. The van der Waals surface area contributed by atoms with Crippen LogP contribution in [0.2, 0.25) is 0 Å². The summed E-state index contributed by atoms with van der Waals surface area (Å²) in [5.74, 6) is 1.46. The number of aryl methyl sites for hydroxylation is 2. The summed E-state index contributed by atoms with van der Waals surface area (Å²) in [5, 5.41) is 0. The fourth-order valence-electron chi connectivity index (χ4n) is 3.06. The molecule has 0 aliphatic carbocycles. The zero-order valence-corrected chi connectivity index (χ0v) is 14.2. The number of carbonyl (C=O) groups excluding carboxylic acids is 1. The van der Waals surface area contributed by atoms with E-state index < -0.39 is 0 Å². The van der Waals surface area contributed by atoms with Gasteiger partial charge in [-0.1, -0.05) is 30.3 Å². The Bertz CT molecular complexity index is 683. The Morgan fingerprint density at radius 2 is 2.04 bits per heavy atom. The lowest BCUT2D eigenvalue weighted by Crippen LogP contribution is -2.45. The number of piperidine rings is 1. The van der Waals surface area contributed by atoms with Crippen LogP contribution in [0.4, 0.5) is 0 Å². The molecule has 1 aromatic heterocycles. The number of likely N-dealkylation sites (tertiary alicyclic amines) is 1. The molecule has 5 heteroatoms. The highest BCUT2D eigenvalue weighted by Crippen LogP contribution is 2.18. The van der Waals surface area contributed by atoms with Crippen molar-refractivity contribution in [3.8, 4) is 5.88 Å². The van der Waals surface area contributed by atoms with Gasteiger partial charge < -0.3 is 9.64 Å². The molecule has 1 amide bonds. The van der Waals surface area contributed by atoms with Gasteiger partial charge in [-0.05, 0) is 32.3 Å². The summed E-state index contributed by atoms with van der Waals surface area (Å²) < 4.78 is 6.00. The van der Waals surface area contributed by atoms with Crippen LogP contribution in [0, 0.1) is 13.8 Å². The fourth-order valence-corrected chi connectivity index (χ4v) is 3.06. The van der Waals surface area contributed by atoms with Crippen molar-refractivity contribution in [2.24, 2.45) is 0 Å². The van der Waals surface area contributed by atoms with Gasteiger partial charge in [0.25, 0.3) is 0 Å². The summed E-state index contributed by atoms with van der Waals surface area (Å²) in [4.78, 5) is 23.0. The highest BCUT2D eigenvalue weighted by atomic mass is 16.5. The Kier molecular flexibility index (Phi) is 5.08. The Balaban J connectivity index is 1.60. The molecule has 1 aliphatic rings. The first-order chi connectivity index (χ1) is 11.6. The summed E-state index contributed by atoms with van der Waals surface area (Å²) in [6.45, 7) is 5.20. The van der Waals surface area contributed by atoms with Crippen molar-refractivity contribution in [2.75, 3.05) is 13.1 Å². The maximum Gasteiger partial charge on any atom is 0.227 e. The third-order valence-electron chi connectivity index (χ3n) is 4.16. The second-order valence-electron chi connectivity index (χ2n) is 6.28. The smallest absolute Gasteiger partial charge is 0.227 e. The van der Waals surface area contributed by atoms with Crippen molar-refractivity contribution >= 4 is 5.91 Å². The number of rotatable bonds is 4. The van der Waals surface area contributed by atoms with Gasteiger partial charge in [0.1, 0.15) is 11.9 Å². The van der Waals surface area contributed by atoms with Crippen LogP contribution >= 0.6 is 0 Å². The zero-order valence-electron chi connectivity index (χ0n) is 14.2. The van der Waals surface area contributed by atoms with E-state index >= 15 is 0 Å². The van der Waals surface area contributed by atoms with Crippen LogP contribution in [-0.4, -0.2) is 40.0 Å². The quantitative estimate of drug-likeness (QED) is 0.867. The van der Waals surface area contributed by atoms with E-state index in [2.05, 4.69) is 9.97 Å². The van der Waals surface area contributed by atoms with Gasteiger partial charge in [-0.15, -0.1) is 0 Å². The number of hydrogen-bond donors (Lipinski definition) is 0. The van der Waals surface area contributed by atoms with Crippen LogP contribution in [0.15, 0.2) is 36.4 Å². The van der Waals surface area contributed by atoms with E-state index in [1.54, 1.807) is 0 Å². The van der Waals surface area contributed by atoms with Crippen molar-refractivity contribution in [2.45, 2.75) is 39.2 Å². The van der Waals surface area contributed by atoms with Crippen molar-refractivity contribution in [3.63, 3.8) is 0 Å². The van der Waals surface area contributed by atoms with Gasteiger partial charge in [-0.25, -0.2) is 4.98 Å². The molecule has 0 N–H and O–H groups in total. The molecule has 1 saturated heterocycles. The molecule has 5 nitrogen and oxygen atoms in total. The maximum atomic E-state index is 12.5. The number of nitrogens with zero attached hydrogens (tertiary/aromatic N) is 3. The molecule has 2 heterocycles. The van der Waals surface area contributed by atoms with Gasteiger partial charge in [0.05, 0.1) is 13.0 Å². The van der Waals surface area contributed by atoms with Crippen molar-refractivity contribution in [1.29, 1.82) is 0 Å². The number of benzene rings is 1. The summed E-state index contributed by atoms with van der Waals surface area (Å²) in [7, 11) is 0. The Hall–Kier alpha value is -2.43. The molecule has 2 aromatic rings. The van der Waals surface area contributed by atoms with Gasteiger partial charge in [0.15, 0.2) is 0 Å². The molecule has 1 aromatic carbocycles. The average Bonchev–Trinajstić information content (AvgIpc) is 2.55. The van der Waals surface area contributed by atoms with Crippen LogP contribution in [0.5, 0.6) is 5.88 Å². The minimum absolute atomic E-state index is 0.00725. The Labute approximate surface area is 142 Å². The molecule has 1 aliphatic heterocycles. The number of ether oxygens (including phenoxy) is 1. The molecule has 0 bridgehead atoms. The molecule has 0 radical (unpaired) electrons. The van der Waals surface area contributed by atoms with Crippen LogP contribution in [0.3, 0.4) is 0 Å². The average molecular weight is 325 g/mol. The topological polar surface area (TPSA) is 55.3 Å². The minimum atomic E-state index is -0.00725. The summed E-state index contributed by atoms with van der Waals surface area (Å²) in [6.07, 6.45) is 2.33. The lowest BCUT2D eigenvalue weighted by atomic mass is 10.1. The summed E-state index contributed by atoms with van der Waals surface area (Å²) in [6, 6.07) is 11.7. The van der Waals surface area contributed by atoms with Crippen LogP contribution < -0.4 is 4.74 Å². The van der Waals surface area contributed by atoms with Gasteiger partial charge in [0, 0.05) is 18.3 Å². The highest BCUT2D eigenvalue weighted by Gasteiger charge is 2.25. The molecular weight excluding hydrogens is 302 g/mol. The maximum absolute atomic E-state index is 12.5. The van der Waals surface area contributed by atoms with E-state index in [4.69, 9.17) is 4.74 Å². The monoisotopic (exact) mass is 325 g/mol. The lowest BCUT2D eigenvalue weighted by Gasteiger charge is -2.32. The predicted octanol–water partition coefficient (Wildman–Crippen LogP) is 2.71. The SMILES string of the molecule is Cc1cc(O[C@H]2CCCN(C(=O)Cc3ccccc3)C2)nc(C)n1. The Morgan fingerprint density at radius 1 is 1.25 bits per heavy atom. The first-order valence-corrected chi connectivity index (χ1v) is 8.41. The number of hydrogen-bond acceptors (Lipinski definition) is 4. The van der Waals surface area contributed by atoms with Crippen LogP contribution in [0.25, 0.3) is 0 Å². The molecule has 1 fully saturated rings. The third-order valence-corrected chi connectivity index (χ3v) is 4.16. The first-order valence-electron chi connectivity index (χ1n) is 8.41. The van der Waals surface area contributed by atoms with Crippen LogP contribution in [-0.2, 0) is 11.2 Å². The summed E-state index contributed by atoms with van der Waals surface area (Å²) >= 11 is 0. The molecule has 0 saturated carbocycles. The van der Waals surface area contributed by atoms with Gasteiger partial charge >= 0.3 is 0 Å². The second kappa shape index (κ2) is 7.43. The fraction of sp³-hybridized carbons (Fsp3) is 0.421. The Morgan fingerprint density at radius 3 is 2.79 bits per heavy atom.